The van der Waals surface area contributed by atoms with E-state index >= 15 is 0 Å². The fourth-order valence-electron chi connectivity index (χ4n) is 2.74. The monoisotopic (exact) mass is 235 g/mol. The number of rotatable bonds is 6. The van der Waals surface area contributed by atoms with Gasteiger partial charge in [-0.25, -0.2) is 0 Å². The van der Waals surface area contributed by atoms with Crippen LogP contribution in [0.5, 0.6) is 0 Å². The van der Waals surface area contributed by atoms with Gasteiger partial charge in [-0.2, -0.15) is 0 Å². The molecule has 2 rings (SSSR count). The molecule has 94 valence electrons. The zero-order valence-electron chi connectivity index (χ0n) is 10.2. The average molecular weight is 235 g/mol. The van der Waals surface area contributed by atoms with Gasteiger partial charge in [0.15, 0.2) is 0 Å². The van der Waals surface area contributed by atoms with Crippen LogP contribution in [-0.2, 0) is 6.42 Å². The molecule has 1 atom stereocenters. The molecule has 2 N–H and O–H groups in total. The molecule has 0 aromatic heterocycles. The number of fused-ring (bicyclic) bond motifs is 1. The molecule has 0 radical (unpaired) electrons. The normalized spacial score (nSPS) is 18.6. The van der Waals surface area contributed by atoms with E-state index in [1.165, 1.54) is 11.1 Å². The van der Waals surface area contributed by atoms with Crippen LogP contribution in [0.25, 0.3) is 0 Å². The molecule has 3 heteroatoms. The van der Waals surface area contributed by atoms with Crippen LogP contribution in [0, 0.1) is 0 Å². The Bertz CT molecular complexity index is 354. The van der Waals surface area contributed by atoms with Crippen molar-refractivity contribution in [3.8, 4) is 0 Å². The van der Waals surface area contributed by atoms with Crippen LogP contribution >= 0.6 is 0 Å². The molecule has 1 aliphatic rings. The molecule has 0 amide bonds. The van der Waals surface area contributed by atoms with Crippen molar-refractivity contribution in [3.05, 3.63) is 35.4 Å². The summed E-state index contributed by atoms with van der Waals surface area (Å²) in [5, 5.41) is 18.1. The lowest BCUT2D eigenvalue weighted by Crippen LogP contribution is -2.31. The molecule has 3 nitrogen and oxygen atoms in total. The second-order valence-electron chi connectivity index (χ2n) is 4.59. The number of hydrogen-bond acceptors (Lipinski definition) is 3. The lowest BCUT2D eigenvalue weighted by Gasteiger charge is -2.28. The van der Waals surface area contributed by atoms with Gasteiger partial charge >= 0.3 is 0 Å². The highest BCUT2D eigenvalue weighted by molar-refractivity contribution is 5.34. The summed E-state index contributed by atoms with van der Waals surface area (Å²) >= 11 is 0. The van der Waals surface area contributed by atoms with E-state index in [2.05, 4.69) is 29.2 Å². The first-order valence-electron chi connectivity index (χ1n) is 6.40. The first-order chi connectivity index (χ1) is 8.36. The maximum Gasteiger partial charge on any atom is 0.0558 e. The van der Waals surface area contributed by atoms with Crippen LogP contribution < -0.4 is 0 Å². The minimum atomic E-state index is 0.185. The molecular formula is C14H21NO2. The Morgan fingerprint density at radius 2 is 1.94 bits per heavy atom. The van der Waals surface area contributed by atoms with Crippen molar-refractivity contribution >= 4 is 0 Å². The van der Waals surface area contributed by atoms with Crippen molar-refractivity contribution in [1.29, 1.82) is 0 Å². The van der Waals surface area contributed by atoms with E-state index in [4.69, 9.17) is 10.2 Å². The Morgan fingerprint density at radius 1 is 1.12 bits per heavy atom. The third kappa shape index (κ3) is 2.86. The highest BCUT2D eigenvalue weighted by atomic mass is 16.3. The number of nitrogens with zero attached hydrogens (tertiary/aromatic N) is 1. The minimum absolute atomic E-state index is 0.185. The van der Waals surface area contributed by atoms with Crippen molar-refractivity contribution in [2.24, 2.45) is 0 Å². The molecule has 1 unspecified atom stereocenters. The zero-order valence-corrected chi connectivity index (χ0v) is 10.2. The fraction of sp³-hybridized carbons (Fsp3) is 0.571. The van der Waals surface area contributed by atoms with E-state index < -0.39 is 0 Å². The maximum absolute atomic E-state index is 9.14. The highest BCUT2D eigenvalue weighted by Crippen LogP contribution is 2.35. The molecule has 0 aliphatic heterocycles. The Morgan fingerprint density at radius 3 is 2.71 bits per heavy atom. The van der Waals surface area contributed by atoms with Crippen LogP contribution in [0.15, 0.2) is 24.3 Å². The Labute approximate surface area is 103 Å². The van der Waals surface area contributed by atoms with Gasteiger partial charge in [0.2, 0.25) is 0 Å². The molecule has 0 saturated carbocycles. The van der Waals surface area contributed by atoms with Crippen molar-refractivity contribution in [2.75, 3.05) is 26.3 Å². The molecule has 0 heterocycles. The van der Waals surface area contributed by atoms with E-state index in [9.17, 15) is 0 Å². The summed E-state index contributed by atoms with van der Waals surface area (Å²) in [6.45, 7) is 1.95. The Balaban J connectivity index is 2.09. The van der Waals surface area contributed by atoms with Gasteiger partial charge in [0, 0.05) is 25.7 Å². The second kappa shape index (κ2) is 6.15. The lowest BCUT2D eigenvalue weighted by molar-refractivity contribution is 0.138. The smallest absolute Gasteiger partial charge is 0.0558 e. The van der Waals surface area contributed by atoms with E-state index in [0.29, 0.717) is 12.6 Å². The lowest BCUT2D eigenvalue weighted by atomic mass is 10.1. The Hall–Kier alpha value is -0.900. The highest BCUT2D eigenvalue weighted by Gasteiger charge is 2.26. The molecular weight excluding hydrogens is 214 g/mol. The number of aryl methyl sites for hydroxylation is 1. The standard InChI is InChI=1S/C14H21NO2/c16-10-3-8-15(9-11-17)14-7-6-12-4-1-2-5-13(12)14/h1-2,4-5,14,16-17H,3,6-11H2. The van der Waals surface area contributed by atoms with E-state index in [0.717, 1.165) is 25.8 Å². The van der Waals surface area contributed by atoms with Crippen LogP contribution in [0.4, 0.5) is 0 Å². The van der Waals surface area contributed by atoms with Crippen LogP contribution in [-0.4, -0.2) is 41.4 Å². The number of benzene rings is 1. The van der Waals surface area contributed by atoms with Crippen LogP contribution in [0.2, 0.25) is 0 Å². The quantitative estimate of drug-likeness (QED) is 0.782. The van der Waals surface area contributed by atoms with Gasteiger partial charge < -0.3 is 10.2 Å². The summed E-state index contributed by atoms with van der Waals surface area (Å²) in [5.41, 5.74) is 2.84. The average Bonchev–Trinajstić information content (AvgIpc) is 2.78. The van der Waals surface area contributed by atoms with Crippen LogP contribution in [0.3, 0.4) is 0 Å². The second-order valence-corrected chi connectivity index (χ2v) is 4.59. The number of aliphatic hydroxyl groups is 2. The molecule has 1 aromatic carbocycles. The third-order valence-electron chi connectivity index (χ3n) is 3.53. The molecule has 1 aliphatic carbocycles. The van der Waals surface area contributed by atoms with Crippen molar-refractivity contribution in [3.63, 3.8) is 0 Å². The van der Waals surface area contributed by atoms with Crippen molar-refractivity contribution < 1.29 is 10.2 Å². The van der Waals surface area contributed by atoms with Gasteiger partial charge in [0.05, 0.1) is 6.61 Å². The summed E-state index contributed by atoms with van der Waals surface area (Å²) in [6, 6.07) is 8.98. The predicted octanol–water partition coefficient (Wildman–Crippen LogP) is 1.35. The molecule has 0 fully saturated rings. The molecule has 17 heavy (non-hydrogen) atoms. The summed E-state index contributed by atoms with van der Waals surface area (Å²) in [7, 11) is 0. The largest absolute Gasteiger partial charge is 0.396 e. The van der Waals surface area contributed by atoms with E-state index in [1.807, 2.05) is 0 Å². The number of aliphatic hydroxyl groups excluding tert-OH is 2. The van der Waals surface area contributed by atoms with Gasteiger partial charge in [0.25, 0.3) is 0 Å². The topological polar surface area (TPSA) is 43.7 Å². The molecule has 0 saturated heterocycles. The third-order valence-corrected chi connectivity index (χ3v) is 3.53. The summed E-state index contributed by atoms with van der Waals surface area (Å²) < 4.78 is 0. The Kier molecular flexibility index (Phi) is 4.54. The molecule has 0 spiro atoms. The maximum atomic E-state index is 9.14. The summed E-state index contributed by atoms with van der Waals surface area (Å²) in [5.74, 6) is 0. The van der Waals surface area contributed by atoms with Crippen molar-refractivity contribution in [1.82, 2.24) is 4.90 Å². The van der Waals surface area contributed by atoms with Gasteiger partial charge in [-0.15, -0.1) is 0 Å². The fourth-order valence-corrected chi connectivity index (χ4v) is 2.74. The van der Waals surface area contributed by atoms with E-state index in [1.54, 1.807) is 0 Å². The first-order valence-corrected chi connectivity index (χ1v) is 6.40. The predicted molar refractivity (Wildman–Crippen MR) is 67.9 cm³/mol. The zero-order chi connectivity index (χ0) is 12.1. The van der Waals surface area contributed by atoms with Crippen LogP contribution in [0.1, 0.15) is 30.0 Å². The van der Waals surface area contributed by atoms with Gasteiger partial charge in [-0.1, -0.05) is 24.3 Å². The number of hydrogen-bond donors (Lipinski definition) is 2. The van der Waals surface area contributed by atoms with E-state index in [-0.39, 0.29) is 13.2 Å². The van der Waals surface area contributed by atoms with Crippen molar-refractivity contribution in [2.45, 2.75) is 25.3 Å². The molecule has 0 bridgehead atoms. The van der Waals surface area contributed by atoms with Gasteiger partial charge in [0.1, 0.15) is 0 Å². The van der Waals surface area contributed by atoms with Gasteiger partial charge in [-0.05, 0) is 30.4 Å². The minimum Gasteiger partial charge on any atom is -0.396 e. The molecule has 1 aromatic rings. The SMILES string of the molecule is OCCCN(CCO)C1CCc2ccccc21. The first kappa shape index (κ1) is 12.6. The van der Waals surface area contributed by atoms with Gasteiger partial charge in [-0.3, -0.25) is 4.90 Å². The summed E-state index contributed by atoms with van der Waals surface area (Å²) in [6.07, 6.45) is 3.03. The summed E-state index contributed by atoms with van der Waals surface area (Å²) in [4.78, 5) is 2.29.